The fourth-order valence-corrected chi connectivity index (χ4v) is 2.73. The van der Waals surface area contributed by atoms with Gasteiger partial charge in [-0.3, -0.25) is 9.59 Å². The molecule has 0 bridgehead atoms. The van der Waals surface area contributed by atoms with E-state index in [9.17, 15) is 9.59 Å². The van der Waals surface area contributed by atoms with E-state index in [0.717, 1.165) is 16.8 Å². The second-order valence-electron chi connectivity index (χ2n) is 6.29. The van der Waals surface area contributed by atoms with Crippen LogP contribution < -0.4 is 16.4 Å². The van der Waals surface area contributed by atoms with E-state index in [0.29, 0.717) is 11.3 Å². The van der Waals surface area contributed by atoms with Gasteiger partial charge in [0.1, 0.15) is 6.04 Å². The number of aryl methyl sites for hydroxylation is 1. The van der Waals surface area contributed by atoms with Crippen LogP contribution in [-0.2, 0) is 4.79 Å². The molecule has 0 aliphatic heterocycles. The predicted octanol–water partition coefficient (Wildman–Crippen LogP) is 3.89. The number of nitrogens with two attached hydrogens (primary N) is 1. The number of hydrogen-bond donors (Lipinski definition) is 3. The Morgan fingerprint density at radius 3 is 2.22 bits per heavy atom. The molecule has 0 aliphatic rings. The highest BCUT2D eigenvalue weighted by atomic mass is 16.2. The van der Waals surface area contributed by atoms with Crippen molar-refractivity contribution in [2.24, 2.45) is 5.73 Å². The van der Waals surface area contributed by atoms with E-state index in [4.69, 9.17) is 5.73 Å². The summed E-state index contributed by atoms with van der Waals surface area (Å²) in [7, 11) is 0. The summed E-state index contributed by atoms with van der Waals surface area (Å²) in [5.41, 5.74) is 9.02. The van der Waals surface area contributed by atoms with E-state index < -0.39 is 11.9 Å². The molecule has 0 saturated carbocycles. The number of anilines is 2. The monoisotopic (exact) mass is 359 g/mol. The van der Waals surface area contributed by atoms with E-state index >= 15 is 0 Å². The largest absolute Gasteiger partial charge is 0.370 e. The Hall–Kier alpha value is -3.60. The second kappa shape index (κ2) is 8.19. The van der Waals surface area contributed by atoms with Gasteiger partial charge in [-0.15, -0.1) is 0 Å². The van der Waals surface area contributed by atoms with Gasteiger partial charge < -0.3 is 16.4 Å². The van der Waals surface area contributed by atoms with Gasteiger partial charge in [0.25, 0.3) is 5.91 Å². The van der Waals surface area contributed by atoms with Crippen molar-refractivity contribution in [1.82, 2.24) is 0 Å². The van der Waals surface area contributed by atoms with Gasteiger partial charge in [-0.05, 0) is 42.8 Å². The van der Waals surface area contributed by atoms with E-state index in [1.807, 2.05) is 61.5 Å². The summed E-state index contributed by atoms with van der Waals surface area (Å²) in [5.74, 6) is -0.714. The van der Waals surface area contributed by atoms with Gasteiger partial charge >= 0.3 is 0 Å². The fraction of sp³-hybridized carbons (Fsp3) is 0.0909. The quantitative estimate of drug-likeness (QED) is 0.624. The van der Waals surface area contributed by atoms with Gasteiger partial charge in [0.2, 0.25) is 5.91 Å². The first-order valence-electron chi connectivity index (χ1n) is 8.62. The van der Waals surface area contributed by atoms with Crippen LogP contribution in [0.4, 0.5) is 11.4 Å². The summed E-state index contributed by atoms with van der Waals surface area (Å²) in [4.78, 5) is 24.4. The third-order valence-corrected chi connectivity index (χ3v) is 4.17. The molecule has 0 heterocycles. The van der Waals surface area contributed by atoms with Gasteiger partial charge in [0, 0.05) is 16.9 Å². The minimum atomic E-state index is -0.629. The molecule has 3 rings (SSSR count). The average molecular weight is 359 g/mol. The summed E-state index contributed by atoms with van der Waals surface area (Å²) in [6, 6.07) is 23.2. The number of rotatable bonds is 6. The van der Waals surface area contributed by atoms with Crippen molar-refractivity contribution >= 4 is 23.2 Å². The molecule has 27 heavy (non-hydrogen) atoms. The zero-order valence-corrected chi connectivity index (χ0v) is 15.0. The van der Waals surface area contributed by atoms with E-state index in [2.05, 4.69) is 10.6 Å². The number of amides is 2. The Bertz CT molecular complexity index is 937. The SMILES string of the molecule is Cc1ccc(NC(=O)C(Nc2cccc(C(N)=O)c2)c2ccccc2)cc1. The lowest BCUT2D eigenvalue weighted by Crippen LogP contribution is -2.27. The number of primary amides is 1. The van der Waals surface area contributed by atoms with E-state index in [1.54, 1.807) is 24.3 Å². The maximum Gasteiger partial charge on any atom is 0.251 e. The lowest BCUT2D eigenvalue weighted by Gasteiger charge is -2.20. The maximum atomic E-state index is 13.0. The van der Waals surface area contributed by atoms with Crippen molar-refractivity contribution in [2.45, 2.75) is 13.0 Å². The number of nitrogens with one attached hydrogen (secondary N) is 2. The van der Waals surface area contributed by atoms with Gasteiger partial charge in [-0.1, -0.05) is 54.1 Å². The van der Waals surface area contributed by atoms with Crippen molar-refractivity contribution in [2.75, 3.05) is 10.6 Å². The normalized spacial score (nSPS) is 11.4. The molecule has 0 aromatic heterocycles. The summed E-state index contributed by atoms with van der Waals surface area (Å²) in [5, 5.41) is 6.13. The number of benzene rings is 3. The molecule has 0 radical (unpaired) electrons. The predicted molar refractivity (Wildman–Crippen MR) is 108 cm³/mol. The average Bonchev–Trinajstić information content (AvgIpc) is 2.68. The molecule has 3 aromatic carbocycles. The lowest BCUT2D eigenvalue weighted by molar-refractivity contribution is -0.117. The van der Waals surface area contributed by atoms with Crippen LogP contribution in [0.2, 0.25) is 0 Å². The van der Waals surface area contributed by atoms with Gasteiger partial charge in [0.15, 0.2) is 0 Å². The summed E-state index contributed by atoms with van der Waals surface area (Å²) < 4.78 is 0. The van der Waals surface area contributed by atoms with Crippen molar-refractivity contribution in [3.8, 4) is 0 Å². The molecule has 0 saturated heterocycles. The Labute approximate surface area is 158 Å². The molecule has 5 nitrogen and oxygen atoms in total. The van der Waals surface area contributed by atoms with E-state index in [-0.39, 0.29) is 5.91 Å². The molecule has 3 aromatic rings. The van der Waals surface area contributed by atoms with Crippen LogP contribution in [0.3, 0.4) is 0 Å². The molecular formula is C22H21N3O2. The van der Waals surface area contributed by atoms with Crippen molar-refractivity contribution in [3.05, 3.63) is 95.6 Å². The standard InChI is InChI=1S/C22H21N3O2/c1-15-10-12-18(13-11-15)25-22(27)20(16-6-3-2-4-7-16)24-19-9-5-8-17(14-19)21(23)26/h2-14,20,24H,1H3,(H2,23,26)(H,25,27). The molecule has 1 unspecified atom stereocenters. The first kappa shape index (κ1) is 18.2. The molecular weight excluding hydrogens is 338 g/mol. The minimum absolute atomic E-state index is 0.200. The van der Waals surface area contributed by atoms with Crippen LogP contribution in [-0.4, -0.2) is 11.8 Å². The van der Waals surface area contributed by atoms with Crippen molar-refractivity contribution in [3.63, 3.8) is 0 Å². The Kier molecular flexibility index (Phi) is 5.52. The third-order valence-electron chi connectivity index (χ3n) is 4.17. The minimum Gasteiger partial charge on any atom is -0.370 e. The zero-order valence-electron chi connectivity index (χ0n) is 15.0. The maximum absolute atomic E-state index is 13.0. The summed E-state index contributed by atoms with van der Waals surface area (Å²) in [6.07, 6.45) is 0. The Balaban J connectivity index is 1.87. The van der Waals surface area contributed by atoms with Crippen LogP contribution in [0.25, 0.3) is 0 Å². The fourth-order valence-electron chi connectivity index (χ4n) is 2.73. The molecule has 136 valence electrons. The number of hydrogen-bond acceptors (Lipinski definition) is 3. The highest BCUT2D eigenvalue weighted by Crippen LogP contribution is 2.22. The molecule has 0 spiro atoms. The summed E-state index contributed by atoms with van der Waals surface area (Å²) in [6.45, 7) is 1.99. The smallest absolute Gasteiger partial charge is 0.251 e. The van der Waals surface area contributed by atoms with Gasteiger partial charge in [-0.25, -0.2) is 0 Å². The Morgan fingerprint density at radius 2 is 1.56 bits per heavy atom. The van der Waals surface area contributed by atoms with Gasteiger partial charge in [0.05, 0.1) is 0 Å². The highest BCUT2D eigenvalue weighted by Gasteiger charge is 2.21. The second-order valence-corrected chi connectivity index (χ2v) is 6.29. The first-order valence-corrected chi connectivity index (χ1v) is 8.62. The van der Waals surface area contributed by atoms with Gasteiger partial charge in [-0.2, -0.15) is 0 Å². The first-order chi connectivity index (χ1) is 13.0. The molecule has 2 amide bonds. The topological polar surface area (TPSA) is 84.2 Å². The summed E-state index contributed by atoms with van der Waals surface area (Å²) >= 11 is 0. The van der Waals surface area contributed by atoms with Crippen molar-refractivity contribution in [1.29, 1.82) is 0 Å². The number of carbonyl (C=O) groups excluding carboxylic acids is 2. The molecule has 4 N–H and O–H groups in total. The van der Waals surface area contributed by atoms with Crippen LogP contribution in [0, 0.1) is 6.92 Å². The number of carbonyl (C=O) groups is 2. The molecule has 5 heteroatoms. The molecule has 1 atom stereocenters. The molecule has 0 aliphatic carbocycles. The van der Waals surface area contributed by atoms with Crippen molar-refractivity contribution < 1.29 is 9.59 Å². The van der Waals surface area contributed by atoms with Crippen LogP contribution in [0.1, 0.15) is 27.5 Å². The van der Waals surface area contributed by atoms with Crippen LogP contribution >= 0.6 is 0 Å². The van der Waals surface area contributed by atoms with Crippen LogP contribution in [0.15, 0.2) is 78.9 Å². The molecule has 0 fully saturated rings. The highest BCUT2D eigenvalue weighted by molar-refractivity contribution is 5.98. The lowest BCUT2D eigenvalue weighted by atomic mass is 10.0. The van der Waals surface area contributed by atoms with E-state index in [1.165, 1.54) is 0 Å². The van der Waals surface area contributed by atoms with Crippen LogP contribution in [0.5, 0.6) is 0 Å². The zero-order chi connectivity index (χ0) is 19.2. The third kappa shape index (κ3) is 4.73. The Morgan fingerprint density at radius 1 is 0.852 bits per heavy atom.